The number of amides is 2. The predicted molar refractivity (Wildman–Crippen MR) is 73.9 cm³/mol. The lowest BCUT2D eigenvalue weighted by Crippen LogP contribution is -2.47. The smallest absolute Gasteiger partial charge is 0.311 e. The lowest BCUT2D eigenvalue weighted by Gasteiger charge is -2.32. The van der Waals surface area contributed by atoms with Crippen LogP contribution in [-0.2, 0) is 9.59 Å². The second-order valence-electron chi connectivity index (χ2n) is 4.55. The highest BCUT2D eigenvalue weighted by Gasteiger charge is 2.25. The van der Waals surface area contributed by atoms with Crippen molar-refractivity contribution in [3.63, 3.8) is 0 Å². The van der Waals surface area contributed by atoms with Gasteiger partial charge < -0.3 is 16.0 Å². The molecule has 1 aliphatic heterocycles. The van der Waals surface area contributed by atoms with Crippen LogP contribution >= 0.6 is 11.6 Å². The molecule has 0 bridgehead atoms. The van der Waals surface area contributed by atoms with E-state index >= 15 is 0 Å². The SMILES string of the molecule is NC(=O)C(=O)N1CCC(Nc2ccccc2Cl)CC1. The number of rotatable bonds is 2. The van der Waals surface area contributed by atoms with Gasteiger partial charge in [-0.1, -0.05) is 23.7 Å². The number of nitrogens with two attached hydrogens (primary N) is 1. The molecular formula is C13H16ClN3O2. The molecule has 1 aromatic rings. The van der Waals surface area contributed by atoms with Crippen LogP contribution < -0.4 is 11.1 Å². The fraction of sp³-hybridized carbons (Fsp3) is 0.385. The van der Waals surface area contributed by atoms with Crippen LogP contribution in [-0.4, -0.2) is 35.8 Å². The number of para-hydroxylation sites is 1. The van der Waals surface area contributed by atoms with Gasteiger partial charge in [0.15, 0.2) is 0 Å². The summed E-state index contributed by atoms with van der Waals surface area (Å²) in [6, 6.07) is 7.79. The summed E-state index contributed by atoms with van der Waals surface area (Å²) in [5.74, 6) is -1.49. The van der Waals surface area contributed by atoms with E-state index in [4.69, 9.17) is 17.3 Å². The largest absolute Gasteiger partial charge is 0.381 e. The van der Waals surface area contributed by atoms with E-state index in [1.807, 2.05) is 24.3 Å². The van der Waals surface area contributed by atoms with Crippen LogP contribution in [0.5, 0.6) is 0 Å². The van der Waals surface area contributed by atoms with Crippen molar-refractivity contribution >= 4 is 29.1 Å². The monoisotopic (exact) mass is 281 g/mol. The van der Waals surface area contributed by atoms with Gasteiger partial charge in [0, 0.05) is 19.1 Å². The van der Waals surface area contributed by atoms with Crippen molar-refractivity contribution in [2.24, 2.45) is 5.73 Å². The maximum absolute atomic E-state index is 11.4. The minimum absolute atomic E-state index is 0.247. The molecule has 0 radical (unpaired) electrons. The number of anilines is 1. The number of hydrogen-bond acceptors (Lipinski definition) is 3. The Bertz CT molecular complexity index is 485. The molecule has 1 fully saturated rings. The zero-order valence-electron chi connectivity index (χ0n) is 10.4. The van der Waals surface area contributed by atoms with Crippen LogP contribution in [0.2, 0.25) is 5.02 Å². The van der Waals surface area contributed by atoms with Crippen molar-refractivity contribution < 1.29 is 9.59 Å². The van der Waals surface area contributed by atoms with E-state index in [9.17, 15) is 9.59 Å². The third-order valence-corrected chi connectivity index (χ3v) is 3.56. The summed E-state index contributed by atoms with van der Waals surface area (Å²) < 4.78 is 0. The van der Waals surface area contributed by atoms with Crippen molar-refractivity contribution in [3.8, 4) is 0 Å². The molecule has 5 nitrogen and oxygen atoms in total. The van der Waals surface area contributed by atoms with E-state index in [1.54, 1.807) is 0 Å². The van der Waals surface area contributed by atoms with Gasteiger partial charge in [-0.3, -0.25) is 9.59 Å². The summed E-state index contributed by atoms with van der Waals surface area (Å²) in [5.41, 5.74) is 5.87. The van der Waals surface area contributed by atoms with Crippen LogP contribution in [0.3, 0.4) is 0 Å². The van der Waals surface area contributed by atoms with Gasteiger partial charge >= 0.3 is 11.8 Å². The first-order chi connectivity index (χ1) is 9.08. The highest BCUT2D eigenvalue weighted by molar-refractivity contribution is 6.34. The van der Waals surface area contributed by atoms with Gasteiger partial charge in [-0.15, -0.1) is 0 Å². The number of likely N-dealkylation sites (tertiary alicyclic amines) is 1. The number of piperidine rings is 1. The van der Waals surface area contributed by atoms with Gasteiger partial charge in [-0.05, 0) is 25.0 Å². The Morgan fingerprint density at radius 3 is 2.47 bits per heavy atom. The van der Waals surface area contributed by atoms with Crippen molar-refractivity contribution in [3.05, 3.63) is 29.3 Å². The molecule has 0 saturated carbocycles. The fourth-order valence-electron chi connectivity index (χ4n) is 2.18. The van der Waals surface area contributed by atoms with Gasteiger partial charge in [-0.2, -0.15) is 0 Å². The van der Waals surface area contributed by atoms with Crippen LogP contribution in [0.25, 0.3) is 0 Å². The van der Waals surface area contributed by atoms with Gasteiger partial charge in [-0.25, -0.2) is 0 Å². The number of hydrogen-bond donors (Lipinski definition) is 2. The first-order valence-corrected chi connectivity index (χ1v) is 6.55. The molecule has 1 saturated heterocycles. The number of benzene rings is 1. The van der Waals surface area contributed by atoms with Gasteiger partial charge in [0.2, 0.25) is 0 Å². The number of nitrogens with one attached hydrogen (secondary N) is 1. The molecule has 2 amide bonds. The molecule has 0 atom stereocenters. The average molecular weight is 282 g/mol. The van der Waals surface area contributed by atoms with Crippen LogP contribution in [0.15, 0.2) is 24.3 Å². The maximum Gasteiger partial charge on any atom is 0.311 e. The van der Waals surface area contributed by atoms with E-state index < -0.39 is 11.8 Å². The molecule has 19 heavy (non-hydrogen) atoms. The zero-order chi connectivity index (χ0) is 13.8. The molecule has 0 unspecified atom stereocenters. The zero-order valence-corrected chi connectivity index (χ0v) is 11.2. The van der Waals surface area contributed by atoms with Gasteiger partial charge in [0.25, 0.3) is 0 Å². The molecule has 0 aromatic heterocycles. The van der Waals surface area contributed by atoms with Gasteiger partial charge in [0.1, 0.15) is 0 Å². The summed E-state index contributed by atoms with van der Waals surface area (Å²) in [4.78, 5) is 23.7. The summed E-state index contributed by atoms with van der Waals surface area (Å²) in [7, 11) is 0. The first-order valence-electron chi connectivity index (χ1n) is 6.17. The Kier molecular flexibility index (Phi) is 4.27. The molecule has 0 spiro atoms. The summed E-state index contributed by atoms with van der Waals surface area (Å²) in [5, 5.41) is 4.03. The third kappa shape index (κ3) is 3.38. The predicted octanol–water partition coefficient (Wildman–Crippen LogP) is 1.23. The third-order valence-electron chi connectivity index (χ3n) is 3.23. The Hall–Kier alpha value is -1.75. The van der Waals surface area contributed by atoms with Gasteiger partial charge in [0.05, 0.1) is 10.7 Å². The van der Waals surface area contributed by atoms with Crippen LogP contribution in [0.1, 0.15) is 12.8 Å². The van der Waals surface area contributed by atoms with Crippen LogP contribution in [0, 0.1) is 0 Å². The molecule has 3 N–H and O–H groups in total. The Morgan fingerprint density at radius 2 is 1.89 bits per heavy atom. The van der Waals surface area contributed by atoms with E-state index in [2.05, 4.69) is 5.32 Å². The highest BCUT2D eigenvalue weighted by atomic mass is 35.5. The Balaban J connectivity index is 1.89. The Morgan fingerprint density at radius 1 is 1.26 bits per heavy atom. The summed E-state index contributed by atoms with van der Waals surface area (Å²) >= 11 is 6.08. The molecule has 1 aliphatic rings. The lowest BCUT2D eigenvalue weighted by molar-refractivity contribution is -0.144. The van der Waals surface area contributed by atoms with E-state index in [1.165, 1.54) is 4.90 Å². The van der Waals surface area contributed by atoms with Crippen molar-refractivity contribution in [1.82, 2.24) is 4.90 Å². The molecule has 6 heteroatoms. The van der Waals surface area contributed by atoms with Crippen molar-refractivity contribution in [2.45, 2.75) is 18.9 Å². The molecule has 2 rings (SSSR count). The lowest BCUT2D eigenvalue weighted by atomic mass is 10.0. The maximum atomic E-state index is 11.4. The topological polar surface area (TPSA) is 75.4 Å². The highest BCUT2D eigenvalue weighted by Crippen LogP contribution is 2.23. The minimum atomic E-state index is -0.891. The van der Waals surface area contributed by atoms with E-state index in [0.717, 1.165) is 18.5 Å². The van der Waals surface area contributed by atoms with Crippen molar-refractivity contribution in [1.29, 1.82) is 0 Å². The number of carbonyl (C=O) groups is 2. The van der Waals surface area contributed by atoms with E-state index in [-0.39, 0.29) is 6.04 Å². The fourth-order valence-corrected chi connectivity index (χ4v) is 2.37. The number of halogens is 1. The quantitative estimate of drug-likeness (QED) is 0.801. The first kappa shape index (κ1) is 13.7. The molecule has 1 heterocycles. The summed E-state index contributed by atoms with van der Waals surface area (Å²) in [6.07, 6.45) is 1.54. The van der Waals surface area contributed by atoms with E-state index in [0.29, 0.717) is 18.1 Å². The minimum Gasteiger partial charge on any atom is -0.381 e. The molecular weight excluding hydrogens is 266 g/mol. The number of carbonyl (C=O) groups excluding carboxylic acids is 2. The average Bonchev–Trinajstić information content (AvgIpc) is 2.41. The van der Waals surface area contributed by atoms with Crippen molar-refractivity contribution in [2.75, 3.05) is 18.4 Å². The summed E-state index contributed by atoms with van der Waals surface area (Å²) in [6.45, 7) is 1.06. The second kappa shape index (κ2) is 5.93. The van der Waals surface area contributed by atoms with Crippen LogP contribution in [0.4, 0.5) is 5.69 Å². The molecule has 102 valence electrons. The molecule has 1 aromatic carbocycles. The molecule has 0 aliphatic carbocycles. The number of nitrogens with zero attached hydrogens (tertiary/aromatic N) is 1. The normalized spacial score (nSPS) is 16.2. The standard InChI is InChI=1S/C13H16ClN3O2/c14-10-3-1-2-4-11(10)16-9-5-7-17(8-6-9)13(19)12(15)18/h1-4,9,16H,5-8H2,(H2,15,18). The second-order valence-corrected chi connectivity index (χ2v) is 4.96. The Labute approximate surface area is 116 Å². The number of primary amides is 1.